The molecule has 0 amide bonds. The van der Waals surface area contributed by atoms with Gasteiger partial charge in [0.15, 0.2) is 5.60 Å². The lowest BCUT2D eigenvalue weighted by Crippen LogP contribution is -2.50. The maximum atomic E-state index is 14.2. The van der Waals surface area contributed by atoms with Crippen molar-refractivity contribution in [1.82, 2.24) is 0 Å². The molecule has 0 aliphatic carbocycles. The first-order valence-electron chi connectivity index (χ1n) is 10.4. The molecular weight excluding hydrogens is 491 g/mol. The maximum absolute atomic E-state index is 14.2. The fourth-order valence-corrected chi connectivity index (χ4v) is 4.60. The summed E-state index contributed by atoms with van der Waals surface area (Å²) < 4.78 is 61.9. The van der Waals surface area contributed by atoms with E-state index < -0.39 is 35.9 Å². The highest BCUT2D eigenvalue weighted by Crippen LogP contribution is 2.45. The second-order valence-electron chi connectivity index (χ2n) is 8.94. The minimum atomic E-state index is -4.95. The Kier molecular flexibility index (Phi) is 7.56. The number of hydrogen-bond donors (Lipinski definition) is 1. The summed E-state index contributed by atoms with van der Waals surface area (Å²) >= 11 is 12.3. The van der Waals surface area contributed by atoms with E-state index in [-0.39, 0.29) is 16.9 Å². The van der Waals surface area contributed by atoms with Gasteiger partial charge in [0.2, 0.25) is 0 Å². The number of methoxy groups -OCH3 is 1. The quantitative estimate of drug-likeness (QED) is 0.323. The van der Waals surface area contributed by atoms with Gasteiger partial charge in [-0.15, -0.1) is 0 Å². The van der Waals surface area contributed by atoms with E-state index in [0.717, 1.165) is 6.07 Å². The molecule has 1 atom stereocenters. The van der Waals surface area contributed by atoms with Crippen LogP contribution in [0.2, 0.25) is 10.0 Å². The zero-order valence-corrected chi connectivity index (χ0v) is 20.3. The highest BCUT2D eigenvalue weighted by molar-refractivity contribution is 6.35. The van der Waals surface area contributed by atoms with Crippen LogP contribution in [-0.2, 0) is 11.8 Å². The zero-order chi connectivity index (χ0) is 25.3. The van der Waals surface area contributed by atoms with Crippen LogP contribution in [0, 0.1) is 5.82 Å². The van der Waals surface area contributed by atoms with Gasteiger partial charge in [-0.3, -0.25) is 0 Å². The number of aliphatic hydroxyl groups is 1. The molecule has 0 spiro atoms. The Labute approximate surface area is 206 Å². The lowest BCUT2D eigenvalue weighted by atomic mass is 9.72. The van der Waals surface area contributed by atoms with Crippen molar-refractivity contribution in [3.05, 3.63) is 87.7 Å². The van der Waals surface area contributed by atoms with Crippen molar-refractivity contribution >= 4 is 23.2 Å². The van der Waals surface area contributed by atoms with Crippen LogP contribution in [0.25, 0.3) is 11.1 Å². The molecule has 1 N–H and O–H groups in total. The van der Waals surface area contributed by atoms with Crippen LogP contribution in [0.3, 0.4) is 0 Å². The van der Waals surface area contributed by atoms with Crippen molar-refractivity contribution in [2.45, 2.75) is 43.9 Å². The fourth-order valence-electron chi connectivity index (χ4n) is 4.20. The van der Waals surface area contributed by atoms with E-state index in [1.54, 1.807) is 36.4 Å². The summed E-state index contributed by atoms with van der Waals surface area (Å²) in [6.07, 6.45) is -6.37. The molecule has 0 heterocycles. The van der Waals surface area contributed by atoms with E-state index in [1.807, 2.05) is 0 Å². The molecule has 2 nitrogen and oxygen atoms in total. The normalized spacial score (nSPS) is 14.1. The largest absolute Gasteiger partial charge is 0.496 e. The average Bonchev–Trinajstić information content (AvgIpc) is 2.74. The molecule has 3 aromatic rings. The van der Waals surface area contributed by atoms with Gasteiger partial charge in [0.1, 0.15) is 11.6 Å². The molecule has 34 heavy (non-hydrogen) atoms. The first-order chi connectivity index (χ1) is 15.8. The molecule has 0 saturated carbocycles. The van der Waals surface area contributed by atoms with Crippen molar-refractivity contribution in [2.75, 3.05) is 7.11 Å². The van der Waals surface area contributed by atoms with E-state index in [4.69, 9.17) is 27.9 Å². The molecule has 182 valence electrons. The van der Waals surface area contributed by atoms with Gasteiger partial charge >= 0.3 is 6.18 Å². The summed E-state index contributed by atoms with van der Waals surface area (Å²) in [6, 6.07) is 14.9. The van der Waals surface area contributed by atoms with Crippen molar-refractivity contribution < 1.29 is 27.4 Å². The van der Waals surface area contributed by atoms with Crippen LogP contribution in [0.5, 0.6) is 5.75 Å². The van der Waals surface area contributed by atoms with Crippen LogP contribution < -0.4 is 4.74 Å². The third-order valence-corrected chi connectivity index (χ3v) is 6.38. The maximum Gasteiger partial charge on any atom is 0.417 e. The smallest absolute Gasteiger partial charge is 0.417 e. The summed E-state index contributed by atoms with van der Waals surface area (Å²) in [4.78, 5) is 0. The van der Waals surface area contributed by atoms with Crippen LogP contribution in [0.1, 0.15) is 31.4 Å². The molecule has 0 aliphatic rings. The van der Waals surface area contributed by atoms with Crippen LogP contribution in [0.15, 0.2) is 60.7 Å². The molecule has 0 bridgehead atoms. The Bertz CT molecular complexity index is 1180. The van der Waals surface area contributed by atoms with Crippen LogP contribution in [-0.4, -0.2) is 24.0 Å². The van der Waals surface area contributed by atoms with E-state index in [1.165, 1.54) is 39.2 Å². The van der Waals surface area contributed by atoms with Crippen LogP contribution in [0.4, 0.5) is 17.6 Å². The van der Waals surface area contributed by atoms with Gasteiger partial charge in [0.25, 0.3) is 0 Å². The molecular formula is C26H24Cl2F4O2. The van der Waals surface area contributed by atoms with Crippen LogP contribution >= 0.6 is 23.2 Å². The Morgan fingerprint density at radius 2 is 1.65 bits per heavy atom. The monoisotopic (exact) mass is 514 g/mol. The summed E-state index contributed by atoms with van der Waals surface area (Å²) in [7, 11) is 1.36. The molecule has 0 radical (unpaired) electrons. The molecule has 0 aliphatic heterocycles. The molecule has 1 unspecified atom stereocenters. The third-order valence-electron chi connectivity index (χ3n) is 5.82. The summed E-state index contributed by atoms with van der Waals surface area (Å²) in [5.74, 6) is -0.362. The van der Waals surface area contributed by atoms with Crippen molar-refractivity contribution in [3.8, 4) is 16.9 Å². The van der Waals surface area contributed by atoms with E-state index >= 15 is 0 Å². The summed E-state index contributed by atoms with van der Waals surface area (Å²) in [5.41, 5.74) is -2.74. The Balaban J connectivity index is 2.00. The molecule has 8 heteroatoms. The van der Waals surface area contributed by atoms with Gasteiger partial charge < -0.3 is 9.84 Å². The second-order valence-corrected chi connectivity index (χ2v) is 9.78. The second kappa shape index (κ2) is 9.76. The fraction of sp³-hybridized carbons (Fsp3) is 0.308. The lowest BCUT2D eigenvalue weighted by molar-refractivity contribution is -0.266. The number of halogens is 6. The Morgan fingerprint density at radius 1 is 0.941 bits per heavy atom. The number of benzene rings is 3. The number of rotatable bonds is 7. The highest BCUT2D eigenvalue weighted by Gasteiger charge is 2.56. The minimum Gasteiger partial charge on any atom is -0.496 e. The predicted molar refractivity (Wildman–Crippen MR) is 127 cm³/mol. The van der Waals surface area contributed by atoms with Gasteiger partial charge in [-0.05, 0) is 59.4 Å². The molecule has 0 fully saturated rings. The predicted octanol–water partition coefficient (Wildman–Crippen LogP) is 8.01. The molecule has 0 saturated heterocycles. The standard InChI is InChI=1S/C26H24Cl2F4O2/c1-24(2,21-13-19(29)8-10-23(21)34-3)15-25(33,26(30,31)32)14-16-5-4-6-17(11-16)20-12-18(27)7-9-22(20)28/h4-13,33H,14-15H2,1-3H3. The number of alkyl halides is 3. The number of hydrogen-bond acceptors (Lipinski definition) is 2. The van der Waals surface area contributed by atoms with Crippen molar-refractivity contribution in [2.24, 2.45) is 0 Å². The SMILES string of the molecule is COc1ccc(F)cc1C(C)(C)CC(O)(Cc1cccc(-c2cc(Cl)ccc2Cl)c1)C(F)(F)F. The van der Waals surface area contributed by atoms with Gasteiger partial charge in [0.05, 0.1) is 7.11 Å². The Morgan fingerprint density at radius 3 is 2.29 bits per heavy atom. The van der Waals surface area contributed by atoms with Gasteiger partial charge in [-0.2, -0.15) is 13.2 Å². The third kappa shape index (κ3) is 5.68. The zero-order valence-electron chi connectivity index (χ0n) is 18.8. The molecule has 3 aromatic carbocycles. The van der Waals surface area contributed by atoms with Gasteiger partial charge in [-0.1, -0.05) is 61.3 Å². The molecule has 0 aromatic heterocycles. The molecule has 3 rings (SSSR count). The van der Waals surface area contributed by atoms with E-state index in [2.05, 4.69) is 0 Å². The minimum absolute atomic E-state index is 0.233. The van der Waals surface area contributed by atoms with Crippen molar-refractivity contribution in [1.29, 1.82) is 0 Å². The summed E-state index contributed by atoms with van der Waals surface area (Å²) in [5, 5.41) is 11.8. The highest BCUT2D eigenvalue weighted by atomic mass is 35.5. The first kappa shape index (κ1) is 26.3. The lowest BCUT2D eigenvalue weighted by Gasteiger charge is -2.38. The van der Waals surface area contributed by atoms with Gasteiger partial charge in [0, 0.05) is 27.6 Å². The first-order valence-corrected chi connectivity index (χ1v) is 11.2. The Hall–Kier alpha value is -2.28. The summed E-state index contributed by atoms with van der Waals surface area (Å²) in [6.45, 7) is 3.03. The van der Waals surface area contributed by atoms with E-state index in [0.29, 0.717) is 21.2 Å². The van der Waals surface area contributed by atoms with Gasteiger partial charge in [-0.25, -0.2) is 4.39 Å². The van der Waals surface area contributed by atoms with E-state index in [9.17, 15) is 22.7 Å². The van der Waals surface area contributed by atoms with Crippen molar-refractivity contribution in [3.63, 3.8) is 0 Å². The average molecular weight is 515 g/mol. The number of ether oxygens (including phenoxy) is 1. The topological polar surface area (TPSA) is 29.5 Å².